The van der Waals surface area contributed by atoms with Gasteiger partial charge in [-0.05, 0) is 45.1 Å². The van der Waals surface area contributed by atoms with Crippen LogP contribution < -0.4 is 14.8 Å². The lowest BCUT2D eigenvalue weighted by atomic mass is 9.89. The monoisotopic (exact) mass is 484 g/mol. The molecule has 0 unspecified atom stereocenters. The standard InChI is InChI=1S/C26H32N2O7/c1-15-6-8-19(9-7-15)22(20-10-11-20)17(3)35-26(31)16(2)28-25(30)23-24(34-14-33-18(4)29)21(32-5)12-13-27-23/h6-9,12-13,16-17,20,22H,10-11,14H2,1-5H3,(H,28,30)/t16-,17-,22+/m0/s1. The van der Waals surface area contributed by atoms with Crippen molar-refractivity contribution in [2.24, 2.45) is 5.92 Å². The summed E-state index contributed by atoms with van der Waals surface area (Å²) in [5.74, 6) is -0.945. The second kappa shape index (κ2) is 11.7. The van der Waals surface area contributed by atoms with E-state index in [-0.39, 0.29) is 29.2 Å². The Kier molecular flexibility index (Phi) is 8.68. The van der Waals surface area contributed by atoms with Crippen LogP contribution in [-0.2, 0) is 19.1 Å². The fourth-order valence-corrected chi connectivity index (χ4v) is 3.92. The Morgan fingerprint density at radius 2 is 1.80 bits per heavy atom. The van der Waals surface area contributed by atoms with Crippen LogP contribution in [0.4, 0.5) is 0 Å². The first-order valence-corrected chi connectivity index (χ1v) is 11.6. The summed E-state index contributed by atoms with van der Waals surface area (Å²) in [6.07, 6.45) is 3.23. The minimum Gasteiger partial charge on any atom is -0.493 e. The number of carbonyl (C=O) groups is 3. The average molecular weight is 485 g/mol. The number of carbonyl (C=O) groups excluding carboxylic acids is 3. The SMILES string of the molecule is COc1ccnc(C(=O)N[C@@H](C)C(=O)O[C@@H](C)[C@H](c2ccc(C)cc2)C2CC2)c1OCOC(C)=O. The summed E-state index contributed by atoms with van der Waals surface area (Å²) in [4.78, 5) is 40.8. The number of rotatable bonds is 11. The summed E-state index contributed by atoms with van der Waals surface area (Å²) in [6.45, 7) is 6.28. The molecule has 1 N–H and O–H groups in total. The fraction of sp³-hybridized carbons (Fsp3) is 0.462. The zero-order chi connectivity index (χ0) is 25.5. The first kappa shape index (κ1) is 26.0. The fourth-order valence-electron chi connectivity index (χ4n) is 3.92. The number of benzene rings is 1. The van der Waals surface area contributed by atoms with Gasteiger partial charge in [0.2, 0.25) is 6.79 Å². The molecule has 0 radical (unpaired) electrons. The number of esters is 2. The van der Waals surface area contributed by atoms with Gasteiger partial charge in [-0.2, -0.15) is 0 Å². The van der Waals surface area contributed by atoms with E-state index in [2.05, 4.69) is 34.6 Å². The van der Waals surface area contributed by atoms with Gasteiger partial charge in [0, 0.05) is 25.1 Å². The van der Waals surface area contributed by atoms with Gasteiger partial charge in [-0.1, -0.05) is 29.8 Å². The van der Waals surface area contributed by atoms with Gasteiger partial charge in [0.1, 0.15) is 12.1 Å². The predicted octanol–water partition coefficient (Wildman–Crippen LogP) is 3.54. The molecule has 1 fully saturated rings. The molecule has 1 heterocycles. The molecule has 2 aromatic rings. The van der Waals surface area contributed by atoms with Crippen LogP contribution in [0.2, 0.25) is 0 Å². The molecule has 0 bridgehead atoms. The number of pyridine rings is 1. The third kappa shape index (κ3) is 6.94. The van der Waals surface area contributed by atoms with Crippen LogP contribution in [0.25, 0.3) is 0 Å². The molecule has 1 aromatic carbocycles. The van der Waals surface area contributed by atoms with E-state index < -0.39 is 30.7 Å². The van der Waals surface area contributed by atoms with Gasteiger partial charge in [-0.25, -0.2) is 9.78 Å². The van der Waals surface area contributed by atoms with Crippen LogP contribution in [0.3, 0.4) is 0 Å². The number of amides is 1. The van der Waals surface area contributed by atoms with Gasteiger partial charge in [0.25, 0.3) is 5.91 Å². The highest BCUT2D eigenvalue weighted by Crippen LogP contribution is 2.45. The van der Waals surface area contributed by atoms with Gasteiger partial charge in [-0.3, -0.25) is 9.59 Å². The molecule has 0 aliphatic heterocycles. The molecule has 9 heteroatoms. The van der Waals surface area contributed by atoms with E-state index in [0.717, 1.165) is 18.4 Å². The Morgan fingerprint density at radius 1 is 1.11 bits per heavy atom. The predicted molar refractivity (Wildman–Crippen MR) is 127 cm³/mol. The van der Waals surface area contributed by atoms with Crippen molar-refractivity contribution in [2.45, 2.75) is 58.6 Å². The van der Waals surface area contributed by atoms with E-state index in [0.29, 0.717) is 5.92 Å². The largest absolute Gasteiger partial charge is 0.493 e. The summed E-state index contributed by atoms with van der Waals surface area (Å²) < 4.78 is 21.2. The molecule has 1 aromatic heterocycles. The zero-order valence-corrected chi connectivity index (χ0v) is 20.7. The van der Waals surface area contributed by atoms with E-state index in [9.17, 15) is 14.4 Å². The molecule has 0 saturated heterocycles. The lowest BCUT2D eigenvalue weighted by Crippen LogP contribution is -2.41. The molecule has 0 spiro atoms. The number of hydrogen-bond donors (Lipinski definition) is 1. The van der Waals surface area contributed by atoms with Gasteiger partial charge < -0.3 is 24.3 Å². The van der Waals surface area contributed by atoms with E-state index >= 15 is 0 Å². The van der Waals surface area contributed by atoms with E-state index in [4.69, 9.17) is 18.9 Å². The van der Waals surface area contributed by atoms with Crippen LogP contribution in [0, 0.1) is 12.8 Å². The van der Waals surface area contributed by atoms with Crippen molar-refractivity contribution in [3.8, 4) is 11.5 Å². The van der Waals surface area contributed by atoms with Crippen molar-refractivity contribution >= 4 is 17.8 Å². The molecular weight excluding hydrogens is 452 g/mol. The highest BCUT2D eigenvalue weighted by atomic mass is 16.7. The number of ether oxygens (including phenoxy) is 4. The van der Waals surface area contributed by atoms with Gasteiger partial charge in [0.15, 0.2) is 17.2 Å². The molecule has 3 rings (SSSR count). The normalized spacial score (nSPS) is 15.3. The summed E-state index contributed by atoms with van der Waals surface area (Å²) in [5.41, 5.74) is 2.21. The Hall–Kier alpha value is -3.62. The quantitative estimate of drug-likeness (QED) is 0.381. The molecule has 3 atom stereocenters. The third-order valence-corrected chi connectivity index (χ3v) is 5.87. The van der Waals surface area contributed by atoms with Crippen molar-refractivity contribution < 1.29 is 33.3 Å². The highest BCUT2D eigenvalue weighted by Gasteiger charge is 2.38. The molecule has 9 nitrogen and oxygen atoms in total. The minimum absolute atomic E-state index is 0.00384. The molecule has 1 saturated carbocycles. The van der Waals surface area contributed by atoms with Crippen LogP contribution in [-0.4, -0.2) is 48.9 Å². The molecule has 1 aliphatic carbocycles. The lowest BCUT2D eigenvalue weighted by molar-refractivity contribution is -0.151. The van der Waals surface area contributed by atoms with Crippen molar-refractivity contribution in [2.75, 3.05) is 13.9 Å². The molecule has 1 amide bonds. The van der Waals surface area contributed by atoms with E-state index in [1.54, 1.807) is 6.92 Å². The van der Waals surface area contributed by atoms with E-state index in [1.807, 2.05) is 13.8 Å². The smallest absolute Gasteiger partial charge is 0.328 e. The maximum absolute atomic E-state index is 12.9. The van der Waals surface area contributed by atoms with Crippen LogP contribution in [0.5, 0.6) is 11.5 Å². The van der Waals surface area contributed by atoms with E-state index in [1.165, 1.54) is 31.9 Å². The van der Waals surface area contributed by atoms with Gasteiger partial charge >= 0.3 is 11.9 Å². The first-order valence-electron chi connectivity index (χ1n) is 11.6. The van der Waals surface area contributed by atoms with Crippen molar-refractivity contribution in [1.29, 1.82) is 0 Å². The maximum atomic E-state index is 12.9. The number of methoxy groups -OCH3 is 1. The Balaban J connectivity index is 1.66. The topological polar surface area (TPSA) is 113 Å². The third-order valence-electron chi connectivity index (χ3n) is 5.87. The maximum Gasteiger partial charge on any atom is 0.328 e. The molecular formula is C26H32N2O7. The van der Waals surface area contributed by atoms with Gasteiger partial charge in [-0.15, -0.1) is 0 Å². The summed E-state index contributed by atoms with van der Waals surface area (Å²) in [6, 6.07) is 8.85. The zero-order valence-electron chi connectivity index (χ0n) is 20.7. The number of nitrogens with zero attached hydrogens (tertiary/aromatic N) is 1. The second-order valence-electron chi connectivity index (χ2n) is 8.70. The van der Waals surface area contributed by atoms with Gasteiger partial charge in [0.05, 0.1) is 7.11 Å². The summed E-state index contributed by atoms with van der Waals surface area (Å²) in [5, 5.41) is 2.60. The van der Waals surface area contributed by atoms with Crippen molar-refractivity contribution in [3.63, 3.8) is 0 Å². The minimum atomic E-state index is -0.933. The Labute approximate surface area is 205 Å². The van der Waals surface area contributed by atoms with Crippen LogP contribution in [0.15, 0.2) is 36.5 Å². The Bertz CT molecular complexity index is 1050. The van der Waals surface area contributed by atoms with Crippen molar-refractivity contribution in [1.82, 2.24) is 10.3 Å². The number of aromatic nitrogens is 1. The Morgan fingerprint density at radius 3 is 2.40 bits per heavy atom. The van der Waals surface area contributed by atoms with Crippen LogP contribution in [0.1, 0.15) is 61.1 Å². The average Bonchev–Trinajstić information content (AvgIpc) is 3.65. The molecule has 1 aliphatic rings. The highest BCUT2D eigenvalue weighted by molar-refractivity contribution is 5.98. The number of hydrogen-bond acceptors (Lipinski definition) is 8. The lowest BCUT2D eigenvalue weighted by Gasteiger charge is -2.26. The number of aryl methyl sites for hydroxylation is 1. The second-order valence-corrected chi connectivity index (χ2v) is 8.70. The summed E-state index contributed by atoms with van der Waals surface area (Å²) >= 11 is 0. The van der Waals surface area contributed by atoms with Crippen molar-refractivity contribution in [3.05, 3.63) is 53.3 Å². The van der Waals surface area contributed by atoms with Crippen LogP contribution >= 0.6 is 0 Å². The first-order chi connectivity index (χ1) is 16.7. The molecule has 188 valence electrons. The number of nitrogens with one attached hydrogen (secondary N) is 1. The summed E-state index contributed by atoms with van der Waals surface area (Å²) in [7, 11) is 1.40. The molecule has 35 heavy (non-hydrogen) atoms.